The summed E-state index contributed by atoms with van der Waals surface area (Å²) >= 11 is 0. The number of benzene rings is 1. The second kappa shape index (κ2) is 4.73. The molecule has 6 heteroatoms. The van der Waals surface area contributed by atoms with Crippen molar-refractivity contribution in [3.63, 3.8) is 0 Å². The molecule has 3 rings (SSSR count). The third-order valence-corrected chi connectivity index (χ3v) is 3.30. The Morgan fingerprint density at radius 2 is 2.00 bits per heavy atom. The van der Waals surface area contributed by atoms with Gasteiger partial charge in [-0.05, 0) is 36.2 Å². The van der Waals surface area contributed by atoms with Gasteiger partial charge in [0.25, 0.3) is 5.91 Å². The zero-order valence-electron chi connectivity index (χ0n) is 10.5. The standard InChI is InChI=1S/C14H11N3O3/c18-13(11-3-5-15-16-8-11)17-6-4-9-7-10(14(19)20)1-2-12(9)17/h1-3,5,7-8H,4,6H2,(H,19,20). The quantitative estimate of drug-likeness (QED) is 0.890. The summed E-state index contributed by atoms with van der Waals surface area (Å²) in [6, 6.07) is 6.42. The maximum absolute atomic E-state index is 12.4. The first-order valence-corrected chi connectivity index (χ1v) is 6.11. The van der Waals surface area contributed by atoms with Crippen LogP contribution in [0.15, 0.2) is 36.7 Å². The minimum absolute atomic E-state index is 0.151. The lowest BCUT2D eigenvalue weighted by Gasteiger charge is -2.17. The monoisotopic (exact) mass is 269 g/mol. The van der Waals surface area contributed by atoms with Gasteiger partial charge in [0.1, 0.15) is 0 Å². The number of fused-ring (bicyclic) bond motifs is 1. The molecule has 0 atom stereocenters. The topological polar surface area (TPSA) is 83.4 Å². The van der Waals surface area contributed by atoms with E-state index in [1.807, 2.05) is 0 Å². The number of hydrogen-bond donors (Lipinski definition) is 1. The lowest BCUT2D eigenvalue weighted by molar-refractivity contribution is 0.0696. The third-order valence-electron chi connectivity index (χ3n) is 3.30. The van der Waals surface area contributed by atoms with E-state index in [0.717, 1.165) is 11.3 Å². The average molecular weight is 269 g/mol. The zero-order valence-corrected chi connectivity index (χ0v) is 10.5. The number of aromatic carboxylic acids is 1. The van der Waals surface area contributed by atoms with Crippen LogP contribution in [0.25, 0.3) is 0 Å². The minimum Gasteiger partial charge on any atom is -0.478 e. The first kappa shape index (κ1) is 12.3. The van der Waals surface area contributed by atoms with Gasteiger partial charge in [0.2, 0.25) is 0 Å². The molecule has 2 heterocycles. The van der Waals surface area contributed by atoms with E-state index in [2.05, 4.69) is 10.2 Å². The first-order valence-electron chi connectivity index (χ1n) is 6.11. The Morgan fingerprint density at radius 1 is 1.15 bits per heavy atom. The molecule has 0 unspecified atom stereocenters. The van der Waals surface area contributed by atoms with Crippen molar-refractivity contribution in [2.75, 3.05) is 11.4 Å². The second-order valence-electron chi connectivity index (χ2n) is 4.49. The number of carboxylic acid groups (broad SMARTS) is 1. The van der Waals surface area contributed by atoms with Crippen molar-refractivity contribution in [1.82, 2.24) is 10.2 Å². The zero-order chi connectivity index (χ0) is 14.1. The number of carbonyl (C=O) groups is 2. The van der Waals surface area contributed by atoms with Crippen molar-refractivity contribution in [3.8, 4) is 0 Å². The maximum Gasteiger partial charge on any atom is 0.335 e. The van der Waals surface area contributed by atoms with E-state index in [0.29, 0.717) is 18.5 Å². The fourth-order valence-corrected chi connectivity index (χ4v) is 2.32. The van der Waals surface area contributed by atoms with Gasteiger partial charge in [-0.2, -0.15) is 10.2 Å². The van der Waals surface area contributed by atoms with Crippen LogP contribution in [0.3, 0.4) is 0 Å². The summed E-state index contributed by atoms with van der Waals surface area (Å²) in [5, 5.41) is 16.3. The Kier molecular flexibility index (Phi) is 2.90. The Balaban J connectivity index is 1.94. The Morgan fingerprint density at radius 3 is 2.70 bits per heavy atom. The number of nitrogens with zero attached hydrogens (tertiary/aromatic N) is 3. The van der Waals surface area contributed by atoms with Gasteiger partial charge >= 0.3 is 5.97 Å². The van der Waals surface area contributed by atoms with Gasteiger partial charge in [-0.3, -0.25) is 4.79 Å². The number of aromatic nitrogens is 2. The van der Waals surface area contributed by atoms with E-state index < -0.39 is 5.97 Å². The highest BCUT2D eigenvalue weighted by atomic mass is 16.4. The highest BCUT2D eigenvalue weighted by Gasteiger charge is 2.26. The summed E-state index contributed by atoms with van der Waals surface area (Å²) in [6.45, 7) is 0.541. The molecule has 1 aliphatic heterocycles. The average Bonchev–Trinajstić information content (AvgIpc) is 2.90. The van der Waals surface area contributed by atoms with E-state index in [9.17, 15) is 9.59 Å². The summed E-state index contributed by atoms with van der Waals surface area (Å²) < 4.78 is 0. The number of carbonyl (C=O) groups excluding carboxylic acids is 1. The molecule has 1 amide bonds. The van der Waals surface area contributed by atoms with Gasteiger partial charge in [-0.1, -0.05) is 0 Å². The van der Waals surface area contributed by atoms with E-state index in [-0.39, 0.29) is 11.5 Å². The molecule has 0 fully saturated rings. The lowest BCUT2D eigenvalue weighted by Crippen LogP contribution is -2.29. The normalized spacial score (nSPS) is 13.1. The van der Waals surface area contributed by atoms with E-state index in [1.54, 1.807) is 23.1 Å². The maximum atomic E-state index is 12.4. The molecule has 0 spiro atoms. The SMILES string of the molecule is O=C(O)c1ccc2c(c1)CCN2C(=O)c1ccnnc1. The highest BCUT2D eigenvalue weighted by molar-refractivity contribution is 6.07. The van der Waals surface area contributed by atoms with Crippen LogP contribution < -0.4 is 4.90 Å². The molecule has 6 nitrogen and oxygen atoms in total. The van der Waals surface area contributed by atoms with Crippen LogP contribution in [-0.4, -0.2) is 33.7 Å². The van der Waals surface area contributed by atoms with Crippen LogP contribution in [0, 0.1) is 0 Å². The number of anilines is 1. The highest BCUT2D eigenvalue weighted by Crippen LogP contribution is 2.30. The Bertz CT molecular complexity index is 685. The fourth-order valence-electron chi connectivity index (χ4n) is 2.32. The van der Waals surface area contributed by atoms with Crippen LogP contribution in [0.4, 0.5) is 5.69 Å². The largest absolute Gasteiger partial charge is 0.478 e. The van der Waals surface area contributed by atoms with Crippen LogP contribution in [0.5, 0.6) is 0 Å². The molecular formula is C14H11N3O3. The van der Waals surface area contributed by atoms with Crippen molar-refractivity contribution in [2.24, 2.45) is 0 Å². The summed E-state index contributed by atoms with van der Waals surface area (Å²) in [6.07, 6.45) is 3.55. The summed E-state index contributed by atoms with van der Waals surface area (Å²) in [7, 11) is 0. The minimum atomic E-state index is -0.962. The number of amides is 1. The molecular weight excluding hydrogens is 258 g/mol. The van der Waals surface area contributed by atoms with Crippen LogP contribution in [-0.2, 0) is 6.42 Å². The van der Waals surface area contributed by atoms with Gasteiger partial charge in [-0.15, -0.1) is 0 Å². The fraction of sp³-hybridized carbons (Fsp3) is 0.143. The van der Waals surface area contributed by atoms with Crippen LogP contribution in [0.2, 0.25) is 0 Å². The van der Waals surface area contributed by atoms with Gasteiger partial charge in [0.05, 0.1) is 23.5 Å². The molecule has 0 aliphatic carbocycles. The van der Waals surface area contributed by atoms with Gasteiger partial charge in [0.15, 0.2) is 0 Å². The van der Waals surface area contributed by atoms with Crippen molar-refractivity contribution in [1.29, 1.82) is 0 Å². The van der Waals surface area contributed by atoms with Gasteiger partial charge < -0.3 is 10.0 Å². The molecule has 20 heavy (non-hydrogen) atoms. The molecule has 100 valence electrons. The summed E-state index contributed by atoms with van der Waals surface area (Å²) in [5.41, 5.74) is 2.34. The Hall–Kier alpha value is -2.76. The molecule has 1 aliphatic rings. The number of hydrogen-bond acceptors (Lipinski definition) is 4. The molecule has 1 aromatic carbocycles. The molecule has 0 saturated heterocycles. The van der Waals surface area contributed by atoms with Gasteiger partial charge in [0, 0.05) is 12.2 Å². The first-order chi connectivity index (χ1) is 9.66. The van der Waals surface area contributed by atoms with Crippen LogP contribution >= 0.6 is 0 Å². The van der Waals surface area contributed by atoms with E-state index in [1.165, 1.54) is 18.5 Å². The van der Waals surface area contributed by atoms with Crippen molar-refractivity contribution in [3.05, 3.63) is 53.3 Å². The van der Waals surface area contributed by atoms with Crippen molar-refractivity contribution >= 4 is 17.6 Å². The lowest BCUT2D eigenvalue weighted by atomic mass is 10.1. The predicted octanol–water partition coefficient (Wildman–Crippen LogP) is 1.38. The van der Waals surface area contributed by atoms with Gasteiger partial charge in [-0.25, -0.2) is 4.79 Å². The van der Waals surface area contributed by atoms with Crippen LogP contribution in [0.1, 0.15) is 26.3 Å². The summed E-state index contributed by atoms with van der Waals surface area (Å²) in [4.78, 5) is 24.9. The molecule has 1 N–H and O–H groups in total. The van der Waals surface area contributed by atoms with E-state index >= 15 is 0 Å². The molecule has 0 radical (unpaired) electrons. The van der Waals surface area contributed by atoms with E-state index in [4.69, 9.17) is 5.11 Å². The molecule has 0 saturated carbocycles. The van der Waals surface area contributed by atoms with Crippen molar-refractivity contribution in [2.45, 2.75) is 6.42 Å². The van der Waals surface area contributed by atoms with Crippen molar-refractivity contribution < 1.29 is 14.7 Å². The molecule has 1 aromatic heterocycles. The predicted molar refractivity (Wildman–Crippen MR) is 70.8 cm³/mol. The number of rotatable bonds is 2. The smallest absolute Gasteiger partial charge is 0.335 e. The molecule has 0 bridgehead atoms. The Labute approximate surface area is 114 Å². The second-order valence-corrected chi connectivity index (χ2v) is 4.49. The molecule has 2 aromatic rings. The number of carboxylic acids is 1. The summed E-state index contributed by atoms with van der Waals surface area (Å²) in [5.74, 6) is -1.11. The third kappa shape index (κ3) is 2.01.